The summed E-state index contributed by atoms with van der Waals surface area (Å²) < 4.78 is 8.14. The number of rotatable bonds is 3. The summed E-state index contributed by atoms with van der Waals surface area (Å²) in [5, 5.41) is 2.01. The molecule has 0 radical (unpaired) electrons. The molecule has 3 aromatic heterocycles. The summed E-state index contributed by atoms with van der Waals surface area (Å²) in [5.41, 5.74) is 7.05. The van der Waals surface area contributed by atoms with Crippen LogP contribution in [0.25, 0.3) is 4.96 Å². The number of thiazole rings is 1. The Labute approximate surface area is 110 Å². The molecule has 0 aliphatic rings. The summed E-state index contributed by atoms with van der Waals surface area (Å²) in [5.74, 6) is 0.772. The third-order valence-electron chi connectivity index (χ3n) is 2.53. The molecule has 4 nitrogen and oxygen atoms in total. The average Bonchev–Trinajstić information content (AvgIpc) is 2.92. The van der Waals surface area contributed by atoms with Gasteiger partial charge in [0.05, 0.1) is 11.7 Å². The van der Waals surface area contributed by atoms with E-state index < -0.39 is 0 Å². The van der Waals surface area contributed by atoms with E-state index in [4.69, 9.17) is 10.2 Å². The molecular weight excluding hydrogens is 302 g/mol. The largest absolute Gasteiger partial charge is 0.453 e. The maximum absolute atomic E-state index is 6.07. The van der Waals surface area contributed by atoms with Crippen molar-refractivity contribution in [3.8, 4) is 0 Å². The third kappa shape index (κ3) is 2.15. The minimum Gasteiger partial charge on any atom is -0.453 e. The van der Waals surface area contributed by atoms with E-state index >= 15 is 0 Å². The van der Waals surface area contributed by atoms with Crippen molar-refractivity contribution in [2.45, 2.75) is 12.5 Å². The number of imidazole rings is 1. The van der Waals surface area contributed by atoms with Gasteiger partial charge in [0.2, 0.25) is 0 Å². The Morgan fingerprint density at radius 3 is 3.12 bits per heavy atom. The smallest absolute Gasteiger partial charge is 0.193 e. The number of halogens is 1. The standard InChI is InChI=1S/C11H10BrN3OS/c12-10-2-1-9(16-10)8(13)5-7-6-15-3-4-17-11(15)14-7/h1-4,6,8H,5,13H2. The Hall–Kier alpha value is -1.11. The number of fused-ring (bicyclic) bond motifs is 1. The Bertz CT molecular complexity index is 613. The molecule has 88 valence electrons. The molecule has 0 saturated heterocycles. The molecule has 0 spiro atoms. The lowest BCUT2D eigenvalue weighted by Crippen LogP contribution is -2.12. The van der Waals surface area contributed by atoms with Gasteiger partial charge in [-0.05, 0) is 28.1 Å². The van der Waals surface area contributed by atoms with Gasteiger partial charge in [-0.1, -0.05) is 0 Å². The van der Waals surface area contributed by atoms with Gasteiger partial charge in [-0.2, -0.15) is 0 Å². The highest BCUT2D eigenvalue weighted by Gasteiger charge is 2.13. The molecule has 3 heterocycles. The maximum Gasteiger partial charge on any atom is 0.193 e. The number of furan rings is 1. The lowest BCUT2D eigenvalue weighted by molar-refractivity contribution is 0.447. The van der Waals surface area contributed by atoms with Crippen molar-refractivity contribution in [1.29, 1.82) is 0 Å². The number of hydrogen-bond donors (Lipinski definition) is 1. The zero-order valence-electron chi connectivity index (χ0n) is 8.84. The molecule has 17 heavy (non-hydrogen) atoms. The van der Waals surface area contributed by atoms with Gasteiger partial charge in [-0.15, -0.1) is 11.3 Å². The molecule has 3 rings (SSSR count). The van der Waals surface area contributed by atoms with E-state index in [0.29, 0.717) is 11.1 Å². The predicted molar refractivity (Wildman–Crippen MR) is 70.1 cm³/mol. The first-order valence-corrected chi connectivity index (χ1v) is 6.81. The van der Waals surface area contributed by atoms with Gasteiger partial charge >= 0.3 is 0 Å². The van der Waals surface area contributed by atoms with Crippen LogP contribution < -0.4 is 5.73 Å². The lowest BCUT2D eigenvalue weighted by atomic mass is 10.1. The molecule has 0 aromatic carbocycles. The minimum absolute atomic E-state index is 0.161. The van der Waals surface area contributed by atoms with Crippen molar-refractivity contribution in [2.24, 2.45) is 5.73 Å². The van der Waals surface area contributed by atoms with Crippen LogP contribution in [-0.4, -0.2) is 9.38 Å². The zero-order chi connectivity index (χ0) is 11.8. The fraction of sp³-hybridized carbons (Fsp3) is 0.182. The topological polar surface area (TPSA) is 56.5 Å². The van der Waals surface area contributed by atoms with E-state index in [1.165, 1.54) is 0 Å². The first-order valence-electron chi connectivity index (χ1n) is 5.14. The highest BCUT2D eigenvalue weighted by Crippen LogP contribution is 2.22. The molecular formula is C11H10BrN3OS. The highest BCUT2D eigenvalue weighted by atomic mass is 79.9. The second-order valence-corrected chi connectivity index (χ2v) is 5.43. The van der Waals surface area contributed by atoms with E-state index in [0.717, 1.165) is 16.4 Å². The molecule has 1 unspecified atom stereocenters. The molecule has 0 fully saturated rings. The minimum atomic E-state index is -0.161. The van der Waals surface area contributed by atoms with Crippen LogP contribution in [-0.2, 0) is 6.42 Å². The lowest BCUT2D eigenvalue weighted by Gasteiger charge is -2.05. The van der Waals surface area contributed by atoms with Gasteiger partial charge in [0.15, 0.2) is 9.63 Å². The van der Waals surface area contributed by atoms with Gasteiger partial charge in [0, 0.05) is 24.2 Å². The molecule has 3 aromatic rings. The van der Waals surface area contributed by atoms with Crippen molar-refractivity contribution in [3.05, 3.63) is 46.0 Å². The van der Waals surface area contributed by atoms with Crippen molar-refractivity contribution in [1.82, 2.24) is 9.38 Å². The summed E-state index contributed by atoms with van der Waals surface area (Å²) in [6.07, 6.45) is 4.67. The van der Waals surface area contributed by atoms with Gasteiger partial charge in [-0.3, -0.25) is 4.40 Å². The van der Waals surface area contributed by atoms with E-state index in [2.05, 4.69) is 20.9 Å². The Kier molecular flexibility index (Phi) is 2.78. The van der Waals surface area contributed by atoms with Crippen molar-refractivity contribution in [3.63, 3.8) is 0 Å². The Balaban J connectivity index is 1.80. The van der Waals surface area contributed by atoms with Crippen molar-refractivity contribution < 1.29 is 4.42 Å². The van der Waals surface area contributed by atoms with Gasteiger partial charge in [0.25, 0.3) is 0 Å². The predicted octanol–water partition coefficient (Wildman–Crippen LogP) is 2.99. The molecule has 0 aliphatic carbocycles. The monoisotopic (exact) mass is 311 g/mol. The van der Waals surface area contributed by atoms with Crippen LogP contribution in [0.4, 0.5) is 0 Å². The van der Waals surface area contributed by atoms with Crippen molar-refractivity contribution >= 4 is 32.2 Å². The Morgan fingerprint density at radius 2 is 2.41 bits per heavy atom. The number of nitrogens with zero attached hydrogens (tertiary/aromatic N) is 2. The SMILES string of the molecule is NC(Cc1cn2ccsc2n1)c1ccc(Br)o1. The molecule has 6 heteroatoms. The second-order valence-electron chi connectivity index (χ2n) is 3.78. The van der Waals surface area contributed by atoms with E-state index in [1.807, 2.05) is 34.3 Å². The molecule has 1 atom stereocenters. The average molecular weight is 312 g/mol. The van der Waals surface area contributed by atoms with Gasteiger partial charge < -0.3 is 10.2 Å². The molecule has 0 bridgehead atoms. The van der Waals surface area contributed by atoms with Crippen LogP contribution in [0, 0.1) is 0 Å². The summed E-state index contributed by atoms with van der Waals surface area (Å²) in [6.45, 7) is 0. The van der Waals surface area contributed by atoms with Crippen LogP contribution >= 0.6 is 27.3 Å². The quantitative estimate of drug-likeness (QED) is 0.809. The molecule has 2 N–H and O–H groups in total. The normalized spacial score (nSPS) is 13.3. The summed E-state index contributed by atoms with van der Waals surface area (Å²) in [7, 11) is 0. The first-order chi connectivity index (χ1) is 8.22. The molecule has 0 saturated carbocycles. The highest BCUT2D eigenvalue weighted by molar-refractivity contribution is 9.10. The summed E-state index contributed by atoms with van der Waals surface area (Å²) in [6, 6.07) is 3.57. The van der Waals surface area contributed by atoms with E-state index in [1.54, 1.807) is 11.3 Å². The first kappa shape index (κ1) is 11.0. The van der Waals surface area contributed by atoms with Gasteiger partial charge in [-0.25, -0.2) is 4.98 Å². The number of aromatic nitrogens is 2. The van der Waals surface area contributed by atoms with Crippen LogP contribution in [0.5, 0.6) is 0 Å². The summed E-state index contributed by atoms with van der Waals surface area (Å²) >= 11 is 4.88. The number of hydrogen-bond acceptors (Lipinski definition) is 4. The van der Waals surface area contributed by atoms with Gasteiger partial charge in [0.1, 0.15) is 5.76 Å². The third-order valence-corrected chi connectivity index (χ3v) is 3.73. The maximum atomic E-state index is 6.07. The fourth-order valence-electron chi connectivity index (χ4n) is 1.73. The van der Waals surface area contributed by atoms with Crippen LogP contribution in [0.15, 0.2) is 39.0 Å². The van der Waals surface area contributed by atoms with E-state index in [9.17, 15) is 0 Å². The molecule has 0 amide bonds. The fourth-order valence-corrected chi connectivity index (χ4v) is 2.77. The molecule has 0 aliphatic heterocycles. The zero-order valence-corrected chi connectivity index (χ0v) is 11.2. The van der Waals surface area contributed by atoms with Crippen molar-refractivity contribution in [2.75, 3.05) is 0 Å². The Morgan fingerprint density at radius 1 is 1.53 bits per heavy atom. The second kappa shape index (κ2) is 4.29. The van der Waals surface area contributed by atoms with Crippen LogP contribution in [0.2, 0.25) is 0 Å². The summed E-state index contributed by atoms with van der Waals surface area (Å²) in [4.78, 5) is 5.49. The van der Waals surface area contributed by atoms with Crippen LogP contribution in [0.3, 0.4) is 0 Å². The van der Waals surface area contributed by atoms with E-state index in [-0.39, 0.29) is 6.04 Å². The number of nitrogens with two attached hydrogens (primary N) is 1. The van der Waals surface area contributed by atoms with Crippen LogP contribution in [0.1, 0.15) is 17.5 Å².